The molecule has 3 aliphatic rings. The Morgan fingerprint density at radius 3 is 1.16 bits per heavy atom. The fraction of sp³-hybridized carbons (Fsp3) is 0.455. The summed E-state index contributed by atoms with van der Waals surface area (Å²) in [4.78, 5) is 5.03. The molecule has 2 aromatic rings. The van der Waals surface area contributed by atoms with Crippen molar-refractivity contribution >= 4 is 0 Å². The van der Waals surface area contributed by atoms with Crippen molar-refractivity contribution in [2.45, 2.75) is 13.1 Å². The maximum atomic E-state index is 8.49. The first-order valence-corrected chi connectivity index (χ1v) is 13.8. The van der Waals surface area contributed by atoms with Crippen LogP contribution in [0.15, 0.2) is 48.5 Å². The van der Waals surface area contributed by atoms with Crippen LogP contribution in [0.5, 0.6) is 11.5 Å². The Morgan fingerprint density at radius 1 is 0.553 bits per heavy atom. The third-order valence-electron chi connectivity index (χ3n) is 5.37. The van der Waals surface area contributed by atoms with Crippen molar-refractivity contribution < 1.29 is 79.6 Å². The number of benzene rings is 2. The molecule has 1 saturated heterocycles. The summed E-state index contributed by atoms with van der Waals surface area (Å²) >= 11 is 0. The summed E-state index contributed by atoms with van der Waals surface area (Å²) in [7, 11) is -9.89. The second kappa shape index (κ2) is 17.5. The van der Waals surface area contributed by atoms with E-state index in [1.54, 1.807) is 0 Å². The standard InChI is InChI=1S/C22H30N4O.2ClHO4.Cu/c1-3-7-21-19(5-1)17-25-13-9-23-11-15-26(16-12-24-10-14-25)18-20-6-2-4-8-22(20)27-21;2*2-1(3,4)5;/h1-8,23-24H,9-18H2;2*(H,2,3,4,5);/q;;;+2/p-2. The van der Waals surface area contributed by atoms with Crippen LogP contribution in [0.3, 0.4) is 0 Å². The number of ether oxygens (including phenoxy) is 1. The van der Waals surface area contributed by atoms with Gasteiger partial charge in [-0.1, -0.05) is 36.4 Å². The molecule has 0 unspecified atom stereocenters. The number of para-hydroxylation sites is 2. The average Bonchev–Trinajstić information content (AvgIpc) is 2.77. The molecule has 1 radical (unpaired) electrons. The van der Waals surface area contributed by atoms with Gasteiger partial charge in [0, 0.05) is 76.6 Å². The van der Waals surface area contributed by atoms with Crippen molar-refractivity contribution in [3.8, 4) is 11.5 Å². The van der Waals surface area contributed by atoms with E-state index >= 15 is 0 Å². The first kappa shape index (κ1) is 34.9. The Bertz CT molecular complexity index is 841. The number of nitrogens with one attached hydrogen (secondary N) is 2. The molecular weight excluding hydrogens is 599 g/mol. The van der Waals surface area contributed by atoms with E-state index in [0.29, 0.717) is 0 Å². The van der Waals surface area contributed by atoms with Gasteiger partial charge in [0.05, 0.1) is 0 Å². The van der Waals surface area contributed by atoms with Crippen molar-refractivity contribution in [3.63, 3.8) is 0 Å². The number of hydrogen-bond acceptors (Lipinski definition) is 13. The zero-order valence-electron chi connectivity index (χ0n) is 20.3. The molecule has 0 atom stereocenters. The summed E-state index contributed by atoms with van der Waals surface area (Å²) in [5, 5.41) is 7.26. The Balaban J connectivity index is 0.000000564. The molecule has 2 N–H and O–H groups in total. The first-order chi connectivity index (χ1) is 17.4. The van der Waals surface area contributed by atoms with Gasteiger partial charge in [0.15, 0.2) is 0 Å². The molecule has 0 saturated carbocycles. The molecule has 217 valence electrons. The number of rotatable bonds is 0. The van der Waals surface area contributed by atoms with Gasteiger partial charge in [-0.15, -0.1) is 20.5 Å². The van der Waals surface area contributed by atoms with E-state index in [1.807, 2.05) is 0 Å². The number of fused-ring (bicyclic) bond motifs is 8. The maximum absolute atomic E-state index is 8.49. The van der Waals surface area contributed by atoms with E-state index in [1.165, 1.54) is 11.1 Å². The number of halogens is 2. The molecule has 0 spiro atoms. The van der Waals surface area contributed by atoms with Gasteiger partial charge in [-0.2, -0.15) is 0 Å². The van der Waals surface area contributed by atoms with Crippen LogP contribution in [-0.4, -0.2) is 62.2 Å². The predicted octanol–water partition coefficient (Wildman–Crippen LogP) is -7.23. The van der Waals surface area contributed by atoms with Gasteiger partial charge in [0.2, 0.25) is 0 Å². The van der Waals surface area contributed by atoms with Gasteiger partial charge >= 0.3 is 17.1 Å². The van der Waals surface area contributed by atoms with Crippen LogP contribution in [0.2, 0.25) is 0 Å². The molecule has 16 heteroatoms. The SMILES string of the molecule is [Cu+2].[O-][Cl+3]([O-])([O-])[O-].[O-][Cl+3]([O-])([O-])[O-].c1ccc2c(c1)CN1CCNCCN(CCNCC1)Cc1ccccc1O2. The molecule has 3 aliphatic heterocycles. The van der Waals surface area contributed by atoms with Crippen molar-refractivity contribution in [2.75, 3.05) is 52.4 Å². The molecule has 2 bridgehead atoms. The Hall–Kier alpha value is -1.14. The summed E-state index contributed by atoms with van der Waals surface area (Å²) < 4.78 is 74.4. The van der Waals surface area contributed by atoms with Gasteiger partial charge in [-0.3, -0.25) is 9.80 Å². The van der Waals surface area contributed by atoms with Gasteiger partial charge in [-0.05, 0) is 12.1 Å². The molecule has 38 heavy (non-hydrogen) atoms. The van der Waals surface area contributed by atoms with Gasteiger partial charge < -0.3 is 15.4 Å². The maximum Gasteiger partial charge on any atom is 2.00 e. The molecule has 1 fully saturated rings. The van der Waals surface area contributed by atoms with Crippen molar-refractivity contribution in [3.05, 3.63) is 59.7 Å². The third kappa shape index (κ3) is 16.7. The summed E-state index contributed by atoms with van der Waals surface area (Å²) in [6.45, 7) is 10.1. The zero-order chi connectivity index (χ0) is 27.3. The van der Waals surface area contributed by atoms with Gasteiger partial charge in [0.1, 0.15) is 11.5 Å². The third-order valence-corrected chi connectivity index (χ3v) is 5.37. The van der Waals surface area contributed by atoms with Crippen LogP contribution in [0.1, 0.15) is 11.1 Å². The fourth-order valence-electron chi connectivity index (χ4n) is 3.81. The predicted molar refractivity (Wildman–Crippen MR) is 109 cm³/mol. The molecule has 5 rings (SSSR count). The molecule has 0 aromatic heterocycles. The van der Waals surface area contributed by atoms with Crippen LogP contribution >= 0.6 is 0 Å². The summed E-state index contributed by atoms with van der Waals surface area (Å²) in [5.41, 5.74) is 2.50. The topological polar surface area (TPSA) is 224 Å². The number of nitrogens with zero attached hydrogens (tertiary/aromatic N) is 2. The van der Waals surface area contributed by atoms with Crippen molar-refractivity contribution in [1.82, 2.24) is 20.4 Å². The van der Waals surface area contributed by atoms with E-state index in [0.717, 1.165) is 76.9 Å². The largest absolute Gasteiger partial charge is 2.00 e. The summed E-state index contributed by atoms with van der Waals surface area (Å²) in [6.07, 6.45) is 0. The van der Waals surface area contributed by atoms with Crippen LogP contribution in [0, 0.1) is 20.5 Å². The van der Waals surface area contributed by atoms with E-state index in [9.17, 15) is 0 Å². The van der Waals surface area contributed by atoms with Gasteiger partial charge in [0.25, 0.3) is 0 Å². The van der Waals surface area contributed by atoms with Crippen molar-refractivity contribution in [1.29, 1.82) is 0 Å². The molecule has 3 heterocycles. The zero-order valence-corrected chi connectivity index (χ0v) is 22.8. The second-order valence-corrected chi connectivity index (χ2v) is 9.64. The Labute approximate surface area is 236 Å². The fourth-order valence-corrected chi connectivity index (χ4v) is 3.81. The molecule has 2 aromatic carbocycles. The smallest absolute Gasteiger partial charge is 0.457 e. The van der Waals surface area contributed by atoms with E-state index in [2.05, 4.69) is 69.0 Å². The van der Waals surface area contributed by atoms with Crippen LogP contribution in [-0.2, 0) is 30.2 Å². The Kier molecular flexibility index (Phi) is 16.1. The normalized spacial score (nSPS) is 20.4. The second-order valence-electron chi connectivity index (χ2n) is 8.13. The number of hydrogen-bond donors (Lipinski definition) is 2. The molecule has 13 nitrogen and oxygen atoms in total. The minimum atomic E-state index is -4.94. The molecular formula is C22H30Cl2CuN4O9. The summed E-state index contributed by atoms with van der Waals surface area (Å²) in [5.74, 6) is 1.94. The molecule has 0 amide bonds. The quantitative estimate of drug-likeness (QED) is 0.259. The van der Waals surface area contributed by atoms with Crippen molar-refractivity contribution in [2.24, 2.45) is 0 Å². The minimum absolute atomic E-state index is 0. The first-order valence-electron chi connectivity index (χ1n) is 11.3. The minimum Gasteiger partial charge on any atom is -0.457 e. The van der Waals surface area contributed by atoms with E-state index in [4.69, 9.17) is 42.0 Å². The average molecular weight is 629 g/mol. The van der Waals surface area contributed by atoms with Crippen LogP contribution in [0.4, 0.5) is 0 Å². The van der Waals surface area contributed by atoms with E-state index in [-0.39, 0.29) is 17.1 Å². The summed E-state index contributed by atoms with van der Waals surface area (Å²) in [6, 6.07) is 16.9. The Morgan fingerprint density at radius 2 is 0.842 bits per heavy atom. The monoisotopic (exact) mass is 627 g/mol. The van der Waals surface area contributed by atoms with Crippen LogP contribution < -0.4 is 52.6 Å². The molecule has 0 aliphatic carbocycles. The van der Waals surface area contributed by atoms with E-state index < -0.39 is 20.5 Å². The van der Waals surface area contributed by atoms with Crippen LogP contribution in [0.25, 0.3) is 0 Å². The van der Waals surface area contributed by atoms with Gasteiger partial charge in [-0.25, -0.2) is 37.3 Å².